The van der Waals surface area contributed by atoms with Crippen molar-refractivity contribution in [3.8, 4) is 0 Å². The van der Waals surface area contributed by atoms with Crippen molar-refractivity contribution in [1.82, 2.24) is 20.7 Å². The molecule has 0 aliphatic carbocycles. The van der Waals surface area contributed by atoms with Gasteiger partial charge in [0.25, 0.3) is 11.8 Å². The van der Waals surface area contributed by atoms with E-state index in [0.29, 0.717) is 15.0 Å². The van der Waals surface area contributed by atoms with E-state index in [1.807, 2.05) is 6.07 Å². The molecule has 23 heavy (non-hydrogen) atoms. The molecule has 8 heteroatoms. The number of nitrogens with one attached hydrogen (secondary N) is 3. The quantitative estimate of drug-likeness (QED) is 0.713. The van der Waals surface area contributed by atoms with Crippen LogP contribution in [0.3, 0.4) is 0 Å². The van der Waals surface area contributed by atoms with Gasteiger partial charge in [-0.25, -0.2) is 4.79 Å². The van der Waals surface area contributed by atoms with Crippen LogP contribution in [0.5, 0.6) is 0 Å². The van der Waals surface area contributed by atoms with E-state index in [-0.39, 0.29) is 5.69 Å². The number of H-pyrrole nitrogens is 1. The maximum absolute atomic E-state index is 12.6. The van der Waals surface area contributed by atoms with Crippen LogP contribution in [0.2, 0.25) is 0 Å². The Balaban J connectivity index is 1.83. The molecule has 3 rings (SSSR count). The molecule has 1 fully saturated rings. The molecule has 7 nitrogen and oxygen atoms in total. The van der Waals surface area contributed by atoms with Crippen molar-refractivity contribution in [3.63, 3.8) is 0 Å². The highest BCUT2D eigenvalue weighted by atomic mass is 79.9. The second-order valence-electron chi connectivity index (χ2n) is 5.23. The molecule has 1 aliphatic heterocycles. The molecular weight excluding hydrogens is 364 g/mol. The molecule has 2 aromatic rings. The van der Waals surface area contributed by atoms with Crippen LogP contribution in [-0.2, 0) is 10.3 Å². The van der Waals surface area contributed by atoms with Gasteiger partial charge in [-0.1, -0.05) is 30.3 Å². The van der Waals surface area contributed by atoms with Gasteiger partial charge < -0.3 is 10.3 Å². The number of urea groups is 1. The molecule has 1 aromatic carbocycles. The van der Waals surface area contributed by atoms with Crippen LogP contribution in [-0.4, -0.2) is 27.8 Å². The van der Waals surface area contributed by atoms with Crippen LogP contribution in [0.15, 0.2) is 47.1 Å². The Kier molecular flexibility index (Phi) is 3.69. The van der Waals surface area contributed by atoms with E-state index in [1.165, 1.54) is 0 Å². The fourth-order valence-corrected chi connectivity index (χ4v) is 2.71. The number of rotatable bonds is 3. The van der Waals surface area contributed by atoms with Crippen molar-refractivity contribution in [3.05, 3.63) is 58.3 Å². The van der Waals surface area contributed by atoms with Crippen molar-refractivity contribution >= 4 is 33.8 Å². The maximum atomic E-state index is 12.6. The Morgan fingerprint density at radius 2 is 1.96 bits per heavy atom. The van der Waals surface area contributed by atoms with E-state index in [4.69, 9.17) is 0 Å². The molecule has 1 unspecified atom stereocenters. The summed E-state index contributed by atoms with van der Waals surface area (Å²) in [4.78, 5) is 39.6. The van der Waals surface area contributed by atoms with Gasteiger partial charge in [-0.2, -0.15) is 5.01 Å². The maximum Gasteiger partial charge on any atom is 0.344 e. The molecule has 3 N–H and O–H groups in total. The summed E-state index contributed by atoms with van der Waals surface area (Å²) in [6, 6.07) is 9.72. The monoisotopic (exact) mass is 376 g/mol. The zero-order valence-electron chi connectivity index (χ0n) is 12.1. The number of carbonyl (C=O) groups excluding carboxylic acids is 3. The number of hydrogen-bond acceptors (Lipinski definition) is 3. The first-order valence-electron chi connectivity index (χ1n) is 6.79. The normalized spacial score (nSPS) is 20.5. The largest absolute Gasteiger partial charge is 0.356 e. The van der Waals surface area contributed by atoms with Crippen LogP contribution in [0.4, 0.5) is 4.79 Å². The summed E-state index contributed by atoms with van der Waals surface area (Å²) in [6.45, 7) is 1.60. The summed E-state index contributed by atoms with van der Waals surface area (Å²) < 4.78 is 0.689. The summed E-state index contributed by atoms with van der Waals surface area (Å²) in [5.74, 6) is -1.14. The van der Waals surface area contributed by atoms with Crippen LogP contribution in [0.25, 0.3) is 0 Å². The summed E-state index contributed by atoms with van der Waals surface area (Å²) in [7, 11) is 0. The Hall–Kier alpha value is -2.61. The van der Waals surface area contributed by atoms with Crippen LogP contribution in [0.1, 0.15) is 23.0 Å². The summed E-state index contributed by atoms with van der Waals surface area (Å²) in [6.07, 6.45) is 1.58. The minimum absolute atomic E-state index is 0.228. The van der Waals surface area contributed by atoms with E-state index in [9.17, 15) is 14.4 Å². The smallest absolute Gasteiger partial charge is 0.344 e. The Bertz CT molecular complexity index is 789. The molecule has 1 aromatic heterocycles. The number of nitrogens with zero attached hydrogens (tertiary/aromatic N) is 1. The number of imide groups is 1. The van der Waals surface area contributed by atoms with Crippen LogP contribution >= 0.6 is 15.9 Å². The number of aromatic amines is 1. The third-order valence-electron chi connectivity index (χ3n) is 3.65. The minimum atomic E-state index is -1.22. The fraction of sp³-hybridized carbons (Fsp3) is 0.133. The molecule has 0 spiro atoms. The first-order valence-corrected chi connectivity index (χ1v) is 7.58. The zero-order valence-corrected chi connectivity index (χ0v) is 13.7. The molecular formula is C15H13BrN4O3. The SMILES string of the molecule is CC1(c2ccccc2)NC(=O)N(NC(=O)c2cc(Br)c[nH]2)C1=O. The van der Waals surface area contributed by atoms with Gasteiger partial charge in [0.2, 0.25) is 0 Å². The van der Waals surface area contributed by atoms with Gasteiger partial charge in [0.05, 0.1) is 0 Å². The van der Waals surface area contributed by atoms with Gasteiger partial charge in [-0.3, -0.25) is 15.0 Å². The number of carbonyl (C=O) groups is 3. The van der Waals surface area contributed by atoms with Gasteiger partial charge in [0, 0.05) is 10.7 Å². The topological polar surface area (TPSA) is 94.3 Å². The van der Waals surface area contributed by atoms with Crippen LogP contribution in [0, 0.1) is 0 Å². The Labute approximate surface area is 140 Å². The lowest BCUT2D eigenvalue weighted by atomic mass is 9.92. The predicted octanol–water partition coefficient (Wildman–Crippen LogP) is 1.89. The van der Waals surface area contributed by atoms with Gasteiger partial charge in [0.1, 0.15) is 11.2 Å². The molecule has 1 atom stereocenters. The number of aromatic nitrogens is 1. The highest BCUT2D eigenvalue weighted by molar-refractivity contribution is 9.10. The molecule has 2 heterocycles. The molecule has 0 saturated carbocycles. The predicted molar refractivity (Wildman–Crippen MR) is 85.1 cm³/mol. The average Bonchev–Trinajstić information content (AvgIpc) is 3.06. The first kappa shape index (κ1) is 15.3. The second-order valence-corrected chi connectivity index (χ2v) is 6.15. The van der Waals surface area contributed by atoms with E-state index in [0.717, 1.165) is 0 Å². The number of halogens is 1. The molecule has 1 saturated heterocycles. The van der Waals surface area contributed by atoms with Gasteiger partial charge in [0.15, 0.2) is 0 Å². The lowest BCUT2D eigenvalue weighted by Gasteiger charge is -2.21. The Morgan fingerprint density at radius 3 is 2.57 bits per heavy atom. The lowest BCUT2D eigenvalue weighted by molar-refractivity contribution is -0.132. The summed E-state index contributed by atoms with van der Waals surface area (Å²) >= 11 is 3.21. The van der Waals surface area contributed by atoms with Gasteiger partial charge >= 0.3 is 6.03 Å². The first-order chi connectivity index (χ1) is 10.9. The van der Waals surface area contributed by atoms with E-state index < -0.39 is 23.4 Å². The zero-order chi connectivity index (χ0) is 16.6. The number of benzene rings is 1. The van der Waals surface area contributed by atoms with Gasteiger partial charge in [-0.05, 0) is 34.5 Å². The van der Waals surface area contributed by atoms with E-state index in [2.05, 4.69) is 31.7 Å². The van der Waals surface area contributed by atoms with Crippen LogP contribution < -0.4 is 10.7 Å². The summed E-state index contributed by atoms with van der Waals surface area (Å²) in [5, 5.41) is 3.31. The molecule has 1 aliphatic rings. The second kappa shape index (κ2) is 5.54. The highest BCUT2D eigenvalue weighted by Crippen LogP contribution is 2.27. The Morgan fingerprint density at radius 1 is 1.26 bits per heavy atom. The minimum Gasteiger partial charge on any atom is -0.356 e. The van der Waals surface area contributed by atoms with E-state index >= 15 is 0 Å². The average molecular weight is 377 g/mol. The van der Waals surface area contributed by atoms with Crippen molar-refractivity contribution in [2.24, 2.45) is 0 Å². The molecule has 0 radical (unpaired) electrons. The fourth-order valence-electron chi connectivity index (χ4n) is 2.37. The molecule has 118 valence electrons. The third kappa shape index (κ3) is 2.61. The lowest BCUT2D eigenvalue weighted by Crippen LogP contribution is -2.48. The van der Waals surface area contributed by atoms with Crippen molar-refractivity contribution < 1.29 is 14.4 Å². The highest BCUT2D eigenvalue weighted by Gasteiger charge is 2.50. The van der Waals surface area contributed by atoms with Crippen molar-refractivity contribution in [1.29, 1.82) is 0 Å². The van der Waals surface area contributed by atoms with Crippen molar-refractivity contribution in [2.75, 3.05) is 0 Å². The summed E-state index contributed by atoms with van der Waals surface area (Å²) in [5.41, 5.74) is 1.96. The standard InChI is InChI=1S/C15H13BrN4O3/c1-15(9-5-3-2-4-6-9)13(22)20(14(23)18-15)19-12(21)11-7-10(16)8-17-11/h2-8,17H,1H3,(H,18,23)(H,19,21). The van der Waals surface area contributed by atoms with E-state index in [1.54, 1.807) is 43.5 Å². The van der Waals surface area contributed by atoms with Crippen molar-refractivity contribution in [2.45, 2.75) is 12.5 Å². The number of amides is 4. The molecule has 0 bridgehead atoms. The number of hydrogen-bond donors (Lipinski definition) is 3. The number of hydrazine groups is 1. The third-order valence-corrected chi connectivity index (χ3v) is 4.11. The van der Waals surface area contributed by atoms with Gasteiger partial charge in [-0.15, -0.1) is 0 Å². The molecule has 4 amide bonds.